The number of amides is 1. The van der Waals surface area contributed by atoms with Gasteiger partial charge in [0.1, 0.15) is 0 Å². The second-order valence-corrected chi connectivity index (χ2v) is 19.0. The van der Waals surface area contributed by atoms with E-state index in [9.17, 15) is 24.5 Å². The number of unbranched alkanes of at least 4 members (excludes halogenated alkanes) is 34. The molecular formula is C49H99N2O7P. The summed E-state index contributed by atoms with van der Waals surface area (Å²) in [6.45, 7) is 4.01. The van der Waals surface area contributed by atoms with Gasteiger partial charge in [-0.3, -0.25) is 13.8 Å². The van der Waals surface area contributed by atoms with Crippen molar-refractivity contribution in [1.82, 2.24) is 5.32 Å². The van der Waals surface area contributed by atoms with Crippen LogP contribution in [-0.4, -0.2) is 59.0 Å². The zero-order valence-corrected chi connectivity index (χ0v) is 39.8. The van der Waals surface area contributed by atoms with E-state index >= 15 is 0 Å². The van der Waals surface area contributed by atoms with Gasteiger partial charge in [0.05, 0.1) is 37.9 Å². The molecule has 10 heteroatoms. The van der Waals surface area contributed by atoms with Crippen LogP contribution in [0.4, 0.5) is 0 Å². The molecule has 6 N–H and O–H groups in total. The Morgan fingerprint density at radius 3 is 1.31 bits per heavy atom. The summed E-state index contributed by atoms with van der Waals surface area (Å²) in [7, 11) is -4.40. The molecule has 1 amide bonds. The predicted molar refractivity (Wildman–Crippen MR) is 251 cm³/mol. The molecule has 0 aliphatic heterocycles. The maximum atomic E-state index is 12.9. The maximum Gasteiger partial charge on any atom is 0.472 e. The molecule has 9 nitrogen and oxygen atoms in total. The maximum absolute atomic E-state index is 12.9. The first-order valence-electron chi connectivity index (χ1n) is 25.4. The van der Waals surface area contributed by atoms with E-state index in [1.54, 1.807) is 6.08 Å². The van der Waals surface area contributed by atoms with Gasteiger partial charge in [-0.25, -0.2) is 4.57 Å². The molecule has 0 saturated heterocycles. The van der Waals surface area contributed by atoms with Gasteiger partial charge in [-0.1, -0.05) is 244 Å². The molecule has 0 spiro atoms. The molecule has 4 atom stereocenters. The molecule has 0 aromatic rings. The lowest BCUT2D eigenvalue weighted by Gasteiger charge is -2.24. The van der Waals surface area contributed by atoms with Gasteiger partial charge in [-0.05, 0) is 19.3 Å². The lowest BCUT2D eigenvalue weighted by atomic mass is 10.0. The number of rotatable bonds is 48. The van der Waals surface area contributed by atoms with Crippen LogP contribution in [0.3, 0.4) is 0 Å². The number of allylic oxidation sites excluding steroid dienone is 1. The van der Waals surface area contributed by atoms with Crippen molar-refractivity contribution < 1.29 is 33.5 Å². The summed E-state index contributed by atoms with van der Waals surface area (Å²) in [4.78, 5) is 22.8. The van der Waals surface area contributed by atoms with E-state index in [1.807, 2.05) is 6.08 Å². The molecule has 0 radical (unpaired) electrons. The van der Waals surface area contributed by atoms with E-state index in [4.69, 9.17) is 14.8 Å². The Kier molecular flexibility index (Phi) is 44.6. The summed E-state index contributed by atoms with van der Waals surface area (Å²) < 4.78 is 22.2. The minimum Gasteiger partial charge on any atom is -0.393 e. The third-order valence-corrected chi connectivity index (χ3v) is 12.7. The van der Waals surface area contributed by atoms with Gasteiger partial charge in [-0.15, -0.1) is 0 Å². The molecule has 0 rings (SSSR count). The standard InChI is InChI=1S/C49H99N2O7P/c1-3-5-7-9-11-13-15-17-19-21-22-23-24-25-26-28-30-32-34-36-38-40-46(52)44-49(54)51-47(45-58-59(55,56)57-43-42-50)48(53)41-39-37-35-33-31-29-27-20-18-16-14-12-10-8-6-4-2/h39,41,46-48,52-53H,3-38,40,42-45,50H2,1-2H3,(H,51,54)(H,55,56)/b41-39+. The largest absolute Gasteiger partial charge is 0.472 e. The first-order chi connectivity index (χ1) is 28.8. The fraction of sp³-hybridized carbons (Fsp3) is 0.939. The Morgan fingerprint density at radius 2 is 0.932 bits per heavy atom. The minimum absolute atomic E-state index is 0.0517. The van der Waals surface area contributed by atoms with Crippen LogP contribution in [-0.2, 0) is 18.4 Å². The fourth-order valence-corrected chi connectivity index (χ4v) is 8.59. The molecule has 0 aliphatic carbocycles. The molecule has 4 unspecified atom stereocenters. The highest BCUT2D eigenvalue weighted by atomic mass is 31.2. The third kappa shape index (κ3) is 43.6. The van der Waals surface area contributed by atoms with E-state index in [1.165, 1.54) is 193 Å². The Balaban J connectivity index is 4.15. The van der Waals surface area contributed by atoms with Crippen molar-refractivity contribution in [2.45, 2.75) is 276 Å². The molecule has 0 aromatic carbocycles. The topological polar surface area (TPSA) is 151 Å². The molecular weight excluding hydrogens is 760 g/mol. The average molecular weight is 859 g/mol. The molecule has 0 saturated carbocycles. The number of carbonyl (C=O) groups is 1. The normalized spacial score (nSPS) is 14.5. The van der Waals surface area contributed by atoms with Crippen molar-refractivity contribution in [1.29, 1.82) is 0 Å². The number of aliphatic hydroxyl groups is 2. The van der Waals surface area contributed by atoms with Gasteiger partial charge in [0.15, 0.2) is 0 Å². The number of carbonyl (C=O) groups excluding carboxylic acids is 1. The summed E-state index contributed by atoms with van der Waals surface area (Å²) in [5.74, 6) is -0.440. The van der Waals surface area contributed by atoms with Gasteiger partial charge < -0.3 is 26.2 Å². The first kappa shape index (κ1) is 58.2. The SMILES string of the molecule is CCCCCCCCCCCCCCCC/C=C/C(O)C(COP(=O)(O)OCCN)NC(=O)CC(O)CCCCCCCCCCCCCCCCCCCCCCC. The van der Waals surface area contributed by atoms with Crippen molar-refractivity contribution >= 4 is 13.7 Å². The van der Waals surface area contributed by atoms with Gasteiger partial charge in [-0.2, -0.15) is 0 Å². The Bertz CT molecular complexity index is 955. The van der Waals surface area contributed by atoms with E-state index < -0.39 is 38.6 Å². The summed E-state index contributed by atoms with van der Waals surface area (Å²) >= 11 is 0. The smallest absolute Gasteiger partial charge is 0.393 e. The number of aliphatic hydroxyl groups excluding tert-OH is 2. The van der Waals surface area contributed by atoms with E-state index in [-0.39, 0.29) is 19.6 Å². The first-order valence-corrected chi connectivity index (χ1v) is 26.9. The van der Waals surface area contributed by atoms with Crippen molar-refractivity contribution in [3.8, 4) is 0 Å². The molecule has 0 aliphatic rings. The third-order valence-electron chi connectivity index (χ3n) is 11.7. The van der Waals surface area contributed by atoms with Crippen LogP contribution >= 0.6 is 7.82 Å². The molecule has 59 heavy (non-hydrogen) atoms. The van der Waals surface area contributed by atoms with Crippen LogP contribution < -0.4 is 11.1 Å². The van der Waals surface area contributed by atoms with Crippen LogP contribution in [0.2, 0.25) is 0 Å². The highest BCUT2D eigenvalue weighted by Gasteiger charge is 2.27. The van der Waals surface area contributed by atoms with Crippen molar-refractivity contribution in [3.05, 3.63) is 12.2 Å². The number of phosphoric acid groups is 1. The second kappa shape index (κ2) is 45.2. The van der Waals surface area contributed by atoms with Crippen molar-refractivity contribution in [3.63, 3.8) is 0 Å². The quantitative estimate of drug-likeness (QED) is 0.0230. The fourth-order valence-electron chi connectivity index (χ4n) is 7.83. The zero-order valence-electron chi connectivity index (χ0n) is 38.9. The predicted octanol–water partition coefficient (Wildman–Crippen LogP) is 13.7. The van der Waals surface area contributed by atoms with Crippen molar-refractivity contribution in [2.75, 3.05) is 19.8 Å². The van der Waals surface area contributed by atoms with Crippen LogP contribution in [0.1, 0.15) is 258 Å². The van der Waals surface area contributed by atoms with Crippen LogP contribution in [0.15, 0.2) is 12.2 Å². The average Bonchev–Trinajstić information content (AvgIpc) is 3.21. The molecule has 0 aromatic heterocycles. The van der Waals surface area contributed by atoms with E-state index in [0.717, 1.165) is 38.5 Å². The van der Waals surface area contributed by atoms with Gasteiger partial charge in [0.25, 0.3) is 0 Å². The van der Waals surface area contributed by atoms with Crippen molar-refractivity contribution in [2.24, 2.45) is 5.73 Å². The van der Waals surface area contributed by atoms with Gasteiger partial charge in [0.2, 0.25) is 5.91 Å². The summed E-state index contributed by atoms with van der Waals surface area (Å²) in [5, 5.41) is 24.2. The van der Waals surface area contributed by atoms with Crippen LogP contribution in [0, 0.1) is 0 Å². The number of phosphoric ester groups is 1. The van der Waals surface area contributed by atoms with Gasteiger partial charge >= 0.3 is 7.82 Å². The number of nitrogens with two attached hydrogens (primary N) is 1. The highest BCUT2D eigenvalue weighted by Crippen LogP contribution is 2.43. The number of hydrogen-bond donors (Lipinski definition) is 5. The molecule has 0 heterocycles. The van der Waals surface area contributed by atoms with Crippen LogP contribution in [0.25, 0.3) is 0 Å². The summed E-state index contributed by atoms with van der Waals surface area (Å²) in [5.41, 5.74) is 5.38. The summed E-state index contributed by atoms with van der Waals surface area (Å²) in [6, 6.07) is -0.978. The van der Waals surface area contributed by atoms with E-state index in [2.05, 4.69) is 19.2 Å². The molecule has 352 valence electrons. The zero-order chi connectivity index (χ0) is 43.3. The Labute approximate surface area is 365 Å². The lowest BCUT2D eigenvalue weighted by molar-refractivity contribution is -0.124. The van der Waals surface area contributed by atoms with Gasteiger partial charge in [0, 0.05) is 6.54 Å². The lowest BCUT2D eigenvalue weighted by Crippen LogP contribution is -2.46. The minimum atomic E-state index is -4.40. The monoisotopic (exact) mass is 859 g/mol. The number of hydrogen-bond acceptors (Lipinski definition) is 7. The highest BCUT2D eigenvalue weighted by molar-refractivity contribution is 7.47. The Morgan fingerprint density at radius 1 is 0.576 bits per heavy atom. The molecule has 0 fully saturated rings. The summed E-state index contributed by atoms with van der Waals surface area (Å²) in [6.07, 6.45) is 48.7. The number of nitrogens with one attached hydrogen (secondary N) is 1. The van der Waals surface area contributed by atoms with E-state index in [0.29, 0.717) is 6.42 Å². The second-order valence-electron chi connectivity index (χ2n) is 17.6. The molecule has 0 bridgehead atoms. The Hall–Kier alpha value is -0.800. The van der Waals surface area contributed by atoms with Crippen LogP contribution in [0.5, 0.6) is 0 Å².